The van der Waals surface area contributed by atoms with Gasteiger partial charge < -0.3 is 10.6 Å². The zero-order valence-corrected chi connectivity index (χ0v) is 13.5. The van der Waals surface area contributed by atoms with Gasteiger partial charge in [-0.15, -0.1) is 0 Å². The Labute approximate surface area is 127 Å². The first-order valence-corrected chi connectivity index (χ1v) is 7.66. The molecule has 0 saturated heterocycles. The van der Waals surface area contributed by atoms with Crippen molar-refractivity contribution in [1.29, 1.82) is 0 Å². The molecule has 0 aromatic heterocycles. The molecule has 0 aliphatic heterocycles. The van der Waals surface area contributed by atoms with Crippen molar-refractivity contribution < 1.29 is 9.18 Å². The Hall–Kier alpha value is -1.42. The predicted octanol–water partition coefficient (Wildman–Crippen LogP) is 2.82. The minimum absolute atomic E-state index is 0.0338. The molecule has 1 rings (SSSR count). The maximum atomic E-state index is 13.0. The number of nitrogens with one attached hydrogen (secondary N) is 2. The first-order valence-electron chi connectivity index (χ1n) is 7.66. The maximum Gasteiger partial charge on any atom is 0.236 e. The summed E-state index contributed by atoms with van der Waals surface area (Å²) in [5, 5.41) is 6.14. The molecular weight excluding hydrogens is 267 g/mol. The molecule has 4 heteroatoms. The van der Waals surface area contributed by atoms with Crippen molar-refractivity contribution in [2.24, 2.45) is 5.92 Å². The van der Waals surface area contributed by atoms with Crippen molar-refractivity contribution in [3.05, 3.63) is 35.1 Å². The van der Waals surface area contributed by atoms with Crippen LogP contribution in [0.2, 0.25) is 0 Å². The zero-order valence-electron chi connectivity index (χ0n) is 13.5. The molecular formula is C17H27FN2O. The fourth-order valence-electron chi connectivity index (χ4n) is 2.09. The standard InChI is InChI=1S/C17H27FN2O/c1-12(2)7-9-20-17(21)14(4)19-10-8-15-5-6-16(18)11-13(15)3/h5-6,11-12,14,19H,7-10H2,1-4H3,(H,20,21). The SMILES string of the molecule is Cc1cc(F)ccc1CCNC(C)C(=O)NCCC(C)C. The molecule has 0 spiro atoms. The van der Waals surface area contributed by atoms with Crippen LogP contribution in [0.15, 0.2) is 18.2 Å². The minimum Gasteiger partial charge on any atom is -0.355 e. The van der Waals surface area contributed by atoms with Crippen LogP contribution in [0.4, 0.5) is 4.39 Å². The normalized spacial score (nSPS) is 12.5. The highest BCUT2D eigenvalue weighted by atomic mass is 19.1. The molecule has 118 valence electrons. The van der Waals surface area contributed by atoms with Crippen LogP contribution >= 0.6 is 0 Å². The summed E-state index contributed by atoms with van der Waals surface area (Å²) in [6, 6.07) is 4.61. The Balaban J connectivity index is 2.29. The molecule has 1 atom stereocenters. The molecule has 1 aromatic rings. The van der Waals surface area contributed by atoms with Gasteiger partial charge in [0.1, 0.15) is 5.82 Å². The van der Waals surface area contributed by atoms with Gasteiger partial charge in [0, 0.05) is 6.54 Å². The van der Waals surface area contributed by atoms with E-state index in [0.717, 1.165) is 30.5 Å². The molecule has 0 aliphatic carbocycles. The predicted molar refractivity (Wildman–Crippen MR) is 84.8 cm³/mol. The van der Waals surface area contributed by atoms with Gasteiger partial charge in [0.2, 0.25) is 5.91 Å². The van der Waals surface area contributed by atoms with Gasteiger partial charge in [0.05, 0.1) is 6.04 Å². The van der Waals surface area contributed by atoms with Crippen molar-refractivity contribution in [2.45, 2.75) is 46.6 Å². The average molecular weight is 294 g/mol. The zero-order chi connectivity index (χ0) is 15.8. The molecule has 3 nitrogen and oxygen atoms in total. The van der Waals surface area contributed by atoms with Crippen molar-refractivity contribution in [3.63, 3.8) is 0 Å². The minimum atomic E-state index is -0.210. The summed E-state index contributed by atoms with van der Waals surface area (Å²) in [4.78, 5) is 11.9. The second-order valence-corrected chi connectivity index (χ2v) is 5.97. The average Bonchev–Trinajstić information content (AvgIpc) is 2.40. The third kappa shape index (κ3) is 6.71. The summed E-state index contributed by atoms with van der Waals surface area (Å²) in [6.07, 6.45) is 1.78. The molecule has 2 N–H and O–H groups in total. The maximum absolute atomic E-state index is 13.0. The van der Waals surface area contributed by atoms with E-state index in [-0.39, 0.29) is 17.8 Å². The Morgan fingerprint density at radius 3 is 2.57 bits per heavy atom. The fourth-order valence-corrected chi connectivity index (χ4v) is 2.09. The number of benzene rings is 1. The second kappa shape index (κ2) is 8.78. The van der Waals surface area contributed by atoms with Gasteiger partial charge in [-0.1, -0.05) is 19.9 Å². The second-order valence-electron chi connectivity index (χ2n) is 5.97. The Kier molecular flexibility index (Phi) is 7.37. The smallest absolute Gasteiger partial charge is 0.236 e. The molecule has 1 unspecified atom stereocenters. The Bertz CT molecular complexity index is 460. The highest BCUT2D eigenvalue weighted by molar-refractivity contribution is 5.81. The Morgan fingerprint density at radius 2 is 1.95 bits per heavy atom. The van der Waals surface area contributed by atoms with Crippen LogP contribution in [0.3, 0.4) is 0 Å². The van der Waals surface area contributed by atoms with Gasteiger partial charge in [0.25, 0.3) is 0 Å². The summed E-state index contributed by atoms with van der Waals surface area (Å²) < 4.78 is 13.0. The van der Waals surface area contributed by atoms with Crippen molar-refractivity contribution in [2.75, 3.05) is 13.1 Å². The lowest BCUT2D eigenvalue weighted by molar-refractivity contribution is -0.122. The summed E-state index contributed by atoms with van der Waals surface area (Å²) in [5.74, 6) is 0.420. The number of rotatable bonds is 8. The van der Waals surface area contributed by atoms with Crippen LogP contribution in [-0.2, 0) is 11.2 Å². The number of hydrogen-bond donors (Lipinski definition) is 2. The van der Waals surface area contributed by atoms with Gasteiger partial charge in [-0.05, 0) is 62.4 Å². The monoisotopic (exact) mass is 294 g/mol. The van der Waals surface area contributed by atoms with E-state index in [0.29, 0.717) is 12.5 Å². The Morgan fingerprint density at radius 1 is 1.24 bits per heavy atom. The van der Waals surface area contributed by atoms with Crippen LogP contribution in [0.1, 0.15) is 38.3 Å². The third-order valence-corrected chi connectivity index (χ3v) is 3.56. The fraction of sp³-hybridized carbons (Fsp3) is 0.588. The molecule has 1 aromatic carbocycles. The quantitative estimate of drug-likeness (QED) is 0.774. The van der Waals surface area contributed by atoms with E-state index in [1.54, 1.807) is 6.07 Å². The highest BCUT2D eigenvalue weighted by Gasteiger charge is 2.11. The topological polar surface area (TPSA) is 41.1 Å². The van der Waals surface area contributed by atoms with Gasteiger partial charge in [-0.25, -0.2) is 4.39 Å². The first kappa shape index (κ1) is 17.6. The summed E-state index contributed by atoms with van der Waals surface area (Å²) in [5.41, 5.74) is 2.06. The molecule has 1 amide bonds. The van der Waals surface area contributed by atoms with Crippen LogP contribution in [0, 0.1) is 18.7 Å². The van der Waals surface area contributed by atoms with Crippen LogP contribution < -0.4 is 10.6 Å². The van der Waals surface area contributed by atoms with Gasteiger partial charge in [-0.2, -0.15) is 0 Å². The van der Waals surface area contributed by atoms with Crippen molar-refractivity contribution in [3.8, 4) is 0 Å². The van der Waals surface area contributed by atoms with Crippen LogP contribution in [0.25, 0.3) is 0 Å². The molecule has 0 saturated carbocycles. The summed E-state index contributed by atoms with van der Waals surface area (Å²) in [6.45, 7) is 9.46. The lowest BCUT2D eigenvalue weighted by Crippen LogP contribution is -2.43. The largest absolute Gasteiger partial charge is 0.355 e. The number of aryl methyl sites for hydroxylation is 1. The van der Waals surface area contributed by atoms with Crippen LogP contribution in [-0.4, -0.2) is 25.0 Å². The number of carbonyl (C=O) groups is 1. The third-order valence-electron chi connectivity index (χ3n) is 3.56. The van der Waals surface area contributed by atoms with E-state index >= 15 is 0 Å². The van der Waals surface area contributed by atoms with Crippen LogP contribution in [0.5, 0.6) is 0 Å². The number of halogens is 1. The highest BCUT2D eigenvalue weighted by Crippen LogP contribution is 2.10. The van der Waals surface area contributed by atoms with Crippen molar-refractivity contribution in [1.82, 2.24) is 10.6 Å². The molecule has 0 aliphatic rings. The molecule has 0 heterocycles. The van der Waals surface area contributed by atoms with E-state index in [9.17, 15) is 9.18 Å². The first-order chi connectivity index (χ1) is 9.90. The van der Waals surface area contributed by atoms with Gasteiger partial charge in [0.15, 0.2) is 0 Å². The van der Waals surface area contributed by atoms with E-state index in [1.807, 2.05) is 13.8 Å². The number of hydrogen-bond acceptors (Lipinski definition) is 2. The van der Waals surface area contributed by atoms with E-state index < -0.39 is 0 Å². The summed E-state index contributed by atoms with van der Waals surface area (Å²) in [7, 11) is 0. The lowest BCUT2D eigenvalue weighted by atomic mass is 10.1. The molecule has 0 radical (unpaired) electrons. The van der Waals surface area contributed by atoms with E-state index in [1.165, 1.54) is 12.1 Å². The lowest BCUT2D eigenvalue weighted by Gasteiger charge is -2.15. The number of carbonyl (C=O) groups excluding carboxylic acids is 1. The van der Waals surface area contributed by atoms with Gasteiger partial charge >= 0.3 is 0 Å². The summed E-state index contributed by atoms with van der Waals surface area (Å²) >= 11 is 0. The molecule has 0 fully saturated rings. The van der Waals surface area contributed by atoms with Crippen molar-refractivity contribution >= 4 is 5.91 Å². The van der Waals surface area contributed by atoms with E-state index in [4.69, 9.17) is 0 Å². The molecule has 0 bridgehead atoms. The van der Waals surface area contributed by atoms with Gasteiger partial charge in [-0.3, -0.25) is 4.79 Å². The molecule has 21 heavy (non-hydrogen) atoms. The number of amides is 1. The van der Waals surface area contributed by atoms with E-state index in [2.05, 4.69) is 24.5 Å².